The largest absolute Gasteiger partial charge is 0.331 e. The second-order valence-electron chi connectivity index (χ2n) is 4.68. The number of imidazole rings is 1. The quantitative estimate of drug-likeness (QED) is 0.793. The van der Waals surface area contributed by atoms with Gasteiger partial charge in [0.2, 0.25) is 0 Å². The van der Waals surface area contributed by atoms with Crippen LogP contribution in [0.25, 0.3) is 11.0 Å². The Hall–Kier alpha value is -1.09. The van der Waals surface area contributed by atoms with Crippen molar-refractivity contribution in [3.63, 3.8) is 0 Å². The first kappa shape index (κ1) is 10.1. The molecule has 1 heterocycles. The molecule has 1 aromatic carbocycles. The van der Waals surface area contributed by atoms with Crippen molar-refractivity contribution < 1.29 is 0 Å². The van der Waals surface area contributed by atoms with Crippen molar-refractivity contribution in [2.45, 2.75) is 32.2 Å². The zero-order valence-corrected chi connectivity index (χ0v) is 10.1. The van der Waals surface area contributed by atoms with Crippen LogP contribution in [0, 0.1) is 10.7 Å². The van der Waals surface area contributed by atoms with Crippen molar-refractivity contribution in [3.8, 4) is 0 Å². The van der Waals surface area contributed by atoms with Crippen LogP contribution in [0.3, 0.4) is 0 Å². The van der Waals surface area contributed by atoms with Crippen molar-refractivity contribution in [1.29, 1.82) is 0 Å². The van der Waals surface area contributed by atoms with E-state index in [1.807, 2.05) is 6.07 Å². The van der Waals surface area contributed by atoms with Crippen LogP contribution in [0.2, 0.25) is 0 Å². The van der Waals surface area contributed by atoms with Crippen LogP contribution < -0.4 is 0 Å². The van der Waals surface area contributed by atoms with Gasteiger partial charge in [-0.2, -0.15) is 0 Å². The molecule has 2 nitrogen and oxygen atoms in total. The van der Waals surface area contributed by atoms with Crippen LogP contribution in [0.15, 0.2) is 24.3 Å². The molecule has 3 heteroatoms. The maximum Gasteiger partial charge on any atom is 0.178 e. The number of aromatic amines is 1. The van der Waals surface area contributed by atoms with Crippen molar-refractivity contribution >= 4 is 23.3 Å². The van der Waals surface area contributed by atoms with Gasteiger partial charge in [0.25, 0.3) is 0 Å². The molecule has 1 aromatic heterocycles. The monoisotopic (exact) mass is 232 g/mol. The minimum absolute atomic E-state index is 0.858. The highest BCUT2D eigenvalue weighted by molar-refractivity contribution is 7.71. The van der Waals surface area contributed by atoms with Crippen molar-refractivity contribution in [2.24, 2.45) is 5.92 Å². The number of para-hydroxylation sites is 2. The third-order valence-corrected chi connectivity index (χ3v) is 3.70. The molecule has 0 atom stereocenters. The van der Waals surface area contributed by atoms with Crippen LogP contribution >= 0.6 is 12.2 Å². The second-order valence-corrected chi connectivity index (χ2v) is 5.07. The zero-order valence-electron chi connectivity index (χ0n) is 9.28. The third-order valence-electron chi connectivity index (χ3n) is 3.37. The third kappa shape index (κ3) is 1.92. The highest BCUT2D eigenvalue weighted by Gasteiger charge is 2.20. The van der Waals surface area contributed by atoms with Gasteiger partial charge in [0.05, 0.1) is 11.0 Å². The smallest absolute Gasteiger partial charge is 0.178 e. The number of hydrogen-bond donors (Lipinski definition) is 1. The molecule has 84 valence electrons. The number of aromatic nitrogens is 2. The Labute approximate surface area is 100 Å². The van der Waals surface area contributed by atoms with E-state index in [-0.39, 0.29) is 0 Å². The predicted octanol–water partition coefficient (Wildman–Crippen LogP) is 3.89. The van der Waals surface area contributed by atoms with E-state index in [0.717, 1.165) is 22.8 Å². The first-order valence-electron chi connectivity index (χ1n) is 6.02. The molecule has 0 spiro atoms. The van der Waals surface area contributed by atoms with Crippen molar-refractivity contribution in [2.75, 3.05) is 0 Å². The molecule has 0 saturated heterocycles. The molecule has 0 unspecified atom stereocenters. The maximum atomic E-state index is 5.36. The normalized spacial score (nSPS) is 15.8. The van der Waals surface area contributed by atoms with Gasteiger partial charge in [0, 0.05) is 6.54 Å². The molecule has 1 N–H and O–H groups in total. The minimum atomic E-state index is 0.858. The minimum Gasteiger partial charge on any atom is -0.331 e. The second kappa shape index (κ2) is 4.06. The van der Waals surface area contributed by atoms with Gasteiger partial charge in [-0.05, 0) is 43.1 Å². The summed E-state index contributed by atoms with van der Waals surface area (Å²) in [6, 6.07) is 8.34. The Bertz CT molecular complexity index is 548. The van der Waals surface area contributed by atoms with Crippen LogP contribution in [0.5, 0.6) is 0 Å². The Morgan fingerprint density at radius 3 is 2.94 bits per heavy atom. The molecule has 1 aliphatic rings. The van der Waals surface area contributed by atoms with E-state index in [1.165, 1.54) is 31.2 Å². The number of nitrogens with one attached hydrogen (secondary N) is 1. The molecule has 0 aliphatic heterocycles. The lowest BCUT2D eigenvalue weighted by molar-refractivity contribution is 0.582. The van der Waals surface area contributed by atoms with Crippen LogP contribution in [-0.2, 0) is 6.54 Å². The molecule has 3 rings (SSSR count). The number of fused-ring (bicyclic) bond motifs is 1. The van der Waals surface area contributed by atoms with Gasteiger partial charge in [-0.3, -0.25) is 0 Å². The molecule has 1 aliphatic carbocycles. The Kier molecular flexibility index (Phi) is 2.56. The fraction of sp³-hybridized carbons (Fsp3) is 0.462. The van der Waals surface area contributed by atoms with E-state index >= 15 is 0 Å². The van der Waals surface area contributed by atoms with Crippen molar-refractivity contribution in [1.82, 2.24) is 9.55 Å². The lowest BCUT2D eigenvalue weighted by atomic mass is 10.2. The molecule has 0 bridgehead atoms. The Morgan fingerprint density at radius 2 is 2.12 bits per heavy atom. The average molecular weight is 232 g/mol. The first-order valence-corrected chi connectivity index (χ1v) is 6.43. The predicted molar refractivity (Wildman–Crippen MR) is 69.1 cm³/mol. The van der Waals surface area contributed by atoms with Gasteiger partial charge >= 0.3 is 0 Å². The zero-order chi connectivity index (χ0) is 11.0. The fourth-order valence-electron chi connectivity index (χ4n) is 2.27. The van der Waals surface area contributed by atoms with Gasteiger partial charge in [-0.1, -0.05) is 25.0 Å². The number of benzene rings is 1. The first-order chi connectivity index (χ1) is 7.84. The van der Waals surface area contributed by atoms with Gasteiger partial charge < -0.3 is 9.55 Å². The lowest BCUT2D eigenvalue weighted by Crippen LogP contribution is -1.98. The fourth-order valence-corrected chi connectivity index (χ4v) is 2.57. The number of aryl methyl sites for hydroxylation is 1. The summed E-state index contributed by atoms with van der Waals surface area (Å²) in [5.74, 6) is 1.01. The SMILES string of the molecule is S=c1[nH]c2ccccc2n1CCCC1CC1. The summed E-state index contributed by atoms with van der Waals surface area (Å²) >= 11 is 5.36. The van der Waals surface area contributed by atoms with Gasteiger partial charge in [0.15, 0.2) is 4.77 Å². The van der Waals surface area contributed by atoms with Crippen LogP contribution in [-0.4, -0.2) is 9.55 Å². The molecule has 1 saturated carbocycles. The molecule has 0 amide bonds. The molecular weight excluding hydrogens is 216 g/mol. The number of H-pyrrole nitrogens is 1. The van der Waals surface area contributed by atoms with Gasteiger partial charge in [-0.15, -0.1) is 0 Å². The van der Waals surface area contributed by atoms with Crippen LogP contribution in [0.1, 0.15) is 25.7 Å². The van der Waals surface area contributed by atoms with Crippen molar-refractivity contribution in [3.05, 3.63) is 29.0 Å². The summed E-state index contributed by atoms with van der Waals surface area (Å²) in [7, 11) is 0. The standard InChI is InChI=1S/C13H16N2S/c16-13-14-11-5-1-2-6-12(11)15(13)9-3-4-10-7-8-10/h1-2,5-6,10H,3-4,7-9H2,(H,14,16). The highest BCUT2D eigenvalue weighted by Crippen LogP contribution is 2.33. The summed E-state index contributed by atoms with van der Waals surface area (Å²) < 4.78 is 3.09. The van der Waals surface area contributed by atoms with Gasteiger partial charge in [0.1, 0.15) is 0 Å². The topological polar surface area (TPSA) is 20.7 Å². The van der Waals surface area contributed by atoms with E-state index in [2.05, 4.69) is 27.8 Å². The maximum absolute atomic E-state index is 5.36. The molecular formula is C13H16N2S. The summed E-state index contributed by atoms with van der Waals surface area (Å²) in [5, 5.41) is 0. The van der Waals surface area contributed by atoms with Crippen LogP contribution in [0.4, 0.5) is 0 Å². The summed E-state index contributed by atoms with van der Waals surface area (Å²) in [6.07, 6.45) is 5.50. The van der Waals surface area contributed by atoms with E-state index in [1.54, 1.807) is 0 Å². The molecule has 2 aromatic rings. The average Bonchev–Trinajstić information content (AvgIpc) is 3.04. The van der Waals surface area contributed by atoms with E-state index in [0.29, 0.717) is 0 Å². The molecule has 1 fully saturated rings. The Morgan fingerprint density at radius 1 is 1.31 bits per heavy atom. The summed E-state index contributed by atoms with van der Waals surface area (Å²) in [4.78, 5) is 3.26. The van der Waals surface area contributed by atoms with E-state index in [9.17, 15) is 0 Å². The molecule has 16 heavy (non-hydrogen) atoms. The molecule has 0 radical (unpaired) electrons. The Balaban J connectivity index is 1.83. The van der Waals surface area contributed by atoms with E-state index in [4.69, 9.17) is 12.2 Å². The number of hydrogen-bond acceptors (Lipinski definition) is 1. The van der Waals surface area contributed by atoms with Gasteiger partial charge in [-0.25, -0.2) is 0 Å². The lowest BCUT2D eigenvalue weighted by Gasteiger charge is -2.03. The number of nitrogens with zero attached hydrogens (tertiary/aromatic N) is 1. The van der Waals surface area contributed by atoms with E-state index < -0.39 is 0 Å². The highest BCUT2D eigenvalue weighted by atomic mass is 32.1. The summed E-state index contributed by atoms with van der Waals surface area (Å²) in [6.45, 7) is 1.05. The number of rotatable bonds is 4. The summed E-state index contributed by atoms with van der Waals surface area (Å²) in [5.41, 5.74) is 2.39.